The van der Waals surface area contributed by atoms with E-state index in [-0.39, 0.29) is 28.3 Å². The lowest BCUT2D eigenvalue weighted by atomic mass is 10.1. The van der Waals surface area contributed by atoms with Crippen molar-refractivity contribution in [2.45, 2.75) is 13.5 Å². The highest BCUT2D eigenvalue weighted by Crippen LogP contribution is 2.37. The summed E-state index contributed by atoms with van der Waals surface area (Å²) in [7, 11) is 0. The van der Waals surface area contributed by atoms with Crippen molar-refractivity contribution in [1.82, 2.24) is 4.90 Å². The Morgan fingerprint density at radius 1 is 1.19 bits per heavy atom. The van der Waals surface area contributed by atoms with Gasteiger partial charge in [-0.3, -0.25) is 14.5 Å². The Kier molecular flexibility index (Phi) is 5.68. The molecule has 5 nitrogen and oxygen atoms in total. The van der Waals surface area contributed by atoms with E-state index in [2.05, 4.69) is 15.9 Å². The van der Waals surface area contributed by atoms with E-state index in [1.54, 1.807) is 18.2 Å². The number of nitrogens with zero attached hydrogens (tertiary/aromatic N) is 1. The van der Waals surface area contributed by atoms with Gasteiger partial charge in [-0.2, -0.15) is 0 Å². The molecule has 7 heteroatoms. The first-order chi connectivity index (χ1) is 12.5. The van der Waals surface area contributed by atoms with Crippen molar-refractivity contribution >= 4 is 44.9 Å². The third-order valence-electron chi connectivity index (χ3n) is 3.74. The minimum absolute atomic E-state index is 0.0472. The molecule has 2 amide bonds. The van der Waals surface area contributed by atoms with Gasteiger partial charge in [0.25, 0.3) is 11.1 Å². The lowest BCUT2D eigenvalue weighted by molar-refractivity contribution is -0.123. The first-order valence-corrected chi connectivity index (χ1v) is 9.55. The van der Waals surface area contributed by atoms with Crippen LogP contribution in [0.5, 0.6) is 11.5 Å². The third-order valence-corrected chi connectivity index (χ3v) is 5.18. The fourth-order valence-electron chi connectivity index (χ4n) is 2.48. The molecule has 1 saturated heterocycles. The number of halogens is 1. The Labute approximate surface area is 163 Å². The topological polar surface area (TPSA) is 66.8 Å². The molecule has 2 aromatic rings. The number of phenols is 1. The fraction of sp³-hybridized carbons (Fsp3) is 0.158. The van der Waals surface area contributed by atoms with Crippen LogP contribution in [0.15, 0.2) is 51.8 Å². The Morgan fingerprint density at radius 2 is 1.92 bits per heavy atom. The van der Waals surface area contributed by atoms with Crippen LogP contribution in [0.4, 0.5) is 4.79 Å². The molecule has 0 unspecified atom stereocenters. The normalized spacial score (nSPS) is 15.8. The van der Waals surface area contributed by atoms with Crippen molar-refractivity contribution in [2.75, 3.05) is 6.61 Å². The molecule has 0 atom stereocenters. The van der Waals surface area contributed by atoms with Crippen LogP contribution in [0.1, 0.15) is 18.1 Å². The van der Waals surface area contributed by atoms with Gasteiger partial charge in [-0.05, 0) is 48.5 Å². The summed E-state index contributed by atoms with van der Waals surface area (Å²) in [6.45, 7) is 2.45. The molecule has 0 bridgehead atoms. The minimum atomic E-state index is -0.371. The van der Waals surface area contributed by atoms with Crippen LogP contribution in [0.2, 0.25) is 0 Å². The summed E-state index contributed by atoms with van der Waals surface area (Å²) >= 11 is 4.22. The molecule has 0 saturated carbocycles. The SMILES string of the molecule is CCOc1cccc(/C=C2\SC(=O)N(Cc3ccc(Br)cc3)C2=O)c1O. The summed E-state index contributed by atoms with van der Waals surface area (Å²) in [5, 5.41) is 9.94. The lowest BCUT2D eigenvalue weighted by Gasteiger charge is -2.12. The van der Waals surface area contributed by atoms with Gasteiger partial charge in [0.05, 0.1) is 18.1 Å². The van der Waals surface area contributed by atoms with Gasteiger partial charge in [0.2, 0.25) is 0 Å². The minimum Gasteiger partial charge on any atom is -0.504 e. The number of para-hydroxylation sites is 1. The van der Waals surface area contributed by atoms with E-state index in [4.69, 9.17) is 4.74 Å². The van der Waals surface area contributed by atoms with Crippen LogP contribution in [0.25, 0.3) is 6.08 Å². The Bertz CT molecular complexity index is 880. The van der Waals surface area contributed by atoms with Crippen LogP contribution in [-0.2, 0) is 11.3 Å². The van der Waals surface area contributed by atoms with Crippen molar-refractivity contribution in [3.05, 3.63) is 63.0 Å². The Balaban J connectivity index is 1.83. The number of thioether (sulfide) groups is 1. The number of carbonyl (C=O) groups is 2. The van der Waals surface area contributed by atoms with Gasteiger partial charge in [-0.1, -0.05) is 40.2 Å². The highest BCUT2D eigenvalue weighted by Gasteiger charge is 2.35. The maximum Gasteiger partial charge on any atom is 0.293 e. The number of carbonyl (C=O) groups excluding carboxylic acids is 2. The maximum atomic E-state index is 12.6. The second kappa shape index (κ2) is 7.97. The van der Waals surface area contributed by atoms with E-state index in [9.17, 15) is 14.7 Å². The quantitative estimate of drug-likeness (QED) is 0.686. The summed E-state index contributed by atoms with van der Waals surface area (Å²) in [5.74, 6) is -0.0754. The maximum absolute atomic E-state index is 12.6. The summed E-state index contributed by atoms with van der Waals surface area (Å²) in [5.41, 5.74) is 1.29. The Hall–Kier alpha value is -2.25. The molecule has 0 aromatic heterocycles. The number of benzene rings is 2. The van der Waals surface area contributed by atoms with Gasteiger partial charge >= 0.3 is 0 Å². The van der Waals surface area contributed by atoms with Gasteiger partial charge in [0.15, 0.2) is 11.5 Å². The molecule has 1 aliphatic rings. The fourth-order valence-corrected chi connectivity index (χ4v) is 3.57. The van der Waals surface area contributed by atoms with Gasteiger partial charge in [-0.15, -0.1) is 0 Å². The van der Waals surface area contributed by atoms with E-state index >= 15 is 0 Å². The number of amides is 2. The van der Waals surface area contributed by atoms with E-state index in [0.717, 1.165) is 21.8 Å². The third kappa shape index (κ3) is 3.94. The monoisotopic (exact) mass is 433 g/mol. The molecule has 2 aromatic carbocycles. The number of phenolic OH excluding ortho intramolecular Hbond substituents is 1. The summed E-state index contributed by atoms with van der Waals surface area (Å²) in [4.78, 5) is 26.3. The largest absolute Gasteiger partial charge is 0.504 e. The zero-order valence-corrected chi connectivity index (χ0v) is 16.3. The highest BCUT2D eigenvalue weighted by atomic mass is 79.9. The van der Waals surface area contributed by atoms with E-state index in [1.165, 1.54) is 11.0 Å². The van der Waals surface area contributed by atoms with Crippen LogP contribution in [-0.4, -0.2) is 27.8 Å². The molecule has 1 N–H and O–H groups in total. The number of ether oxygens (including phenoxy) is 1. The summed E-state index contributed by atoms with van der Waals surface area (Å²) in [6.07, 6.45) is 1.52. The first kappa shape index (κ1) is 18.5. The molecule has 0 radical (unpaired) electrons. The predicted octanol–water partition coefficient (Wildman–Crippen LogP) is 4.79. The number of aromatic hydroxyl groups is 1. The van der Waals surface area contributed by atoms with Crippen LogP contribution in [0.3, 0.4) is 0 Å². The van der Waals surface area contributed by atoms with Crippen molar-refractivity contribution < 1.29 is 19.4 Å². The molecule has 0 spiro atoms. The molecule has 1 heterocycles. The molecule has 26 heavy (non-hydrogen) atoms. The molecule has 1 aliphatic heterocycles. The first-order valence-electron chi connectivity index (χ1n) is 7.94. The van der Waals surface area contributed by atoms with Gasteiger partial charge < -0.3 is 9.84 Å². The Morgan fingerprint density at radius 3 is 2.62 bits per heavy atom. The van der Waals surface area contributed by atoms with Gasteiger partial charge in [0.1, 0.15) is 0 Å². The average Bonchev–Trinajstić information content (AvgIpc) is 2.88. The van der Waals surface area contributed by atoms with Gasteiger partial charge in [0, 0.05) is 10.0 Å². The zero-order valence-electron chi connectivity index (χ0n) is 13.9. The number of hydrogen-bond acceptors (Lipinski definition) is 5. The summed E-state index contributed by atoms with van der Waals surface area (Å²) in [6, 6.07) is 12.5. The second-order valence-corrected chi connectivity index (χ2v) is 7.43. The predicted molar refractivity (Wildman–Crippen MR) is 105 cm³/mol. The van der Waals surface area contributed by atoms with Crippen LogP contribution >= 0.6 is 27.7 Å². The van der Waals surface area contributed by atoms with Crippen LogP contribution < -0.4 is 4.74 Å². The second-order valence-electron chi connectivity index (χ2n) is 5.52. The van der Waals surface area contributed by atoms with Gasteiger partial charge in [-0.25, -0.2) is 0 Å². The number of rotatable bonds is 5. The number of hydrogen-bond donors (Lipinski definition) is 1. The van der Waals surface area contributed by atoms with Crippen LogP contribution in [0, 0.1) is 0 Å². The van der Waals surface area contributed by atoms with Crippen molar-refractivity contribution in [3.8, 4) is 11.5 Å². The average molecular weight is 434 g/mol. The molecule has 3 rings (SSSR count). The zero-order chi connectivity index (χ0) is 18.7. The van der Waals surface area contributed by atoms with Crippen molar-refractivity contribution in [1.29, 1.82) is 0 Å². The van der Waals surface area contributed by atoms with E-state index in [1.807, 2.05) is 31.2 Å². The molecular weight excluding hydrogens is 418 g/mol. The standard InChI is InChI=1S/C19H16BrNO4S/c1-2-25-15-5-3-4-13(17(15)22)10-16-18(23)21(19(24)26-16)11-12-6-8-14(20)9-7-12/h3-10,22H,2,11H2,1H3/b16-10-. The molecule has 134 valence electrons. The molecular formula is C19H16BrNO4S. The number of imide groups is 1. The molecule has 1 fully saturated rings. The van der Waals surface area contributed by atoms with Crippen molar-refractivity contribution in [2.24, 2.45) is 0 Å². The van der Waals surface area contributed by atoms with Crippen molar-refractivity contribution in [3.63, 3.8) is 0 Å². The highest BCUT2D eigenvalue weighted by molar-refractivity contribution is 9.10. The molecule has 0 aliphatic carbocycles. The summed E-state index contributed by atoms with van der Waals surface area (Å²) < 4.78 is 6.28. The lowest BCUT2D eigenvalue weighted by Crippen LogP contribution is -2.27. The van der Waals surface area contributed by atoms with E-state index in [0.29, 0.717) is 17.9 Å². The van der Waals surface area contributed by atoms with E-state index < -0.39 is 0 Å². The smallest absolute Gasteiger partial charge is 0.293 e.